The highest BCUT2D eigenvalue weighted by Crippen LogP contribution is 2.36. The van der Waals surface area contributed by atoms with Crippen LogP contribution in [0.25, 0.3) is 17.0 Å². The summed E-state index contributed by atoms with van der Waals surface area (Å²) in [4.78, 5) is 41.8. The van der Waals surface area contributed by atoms with Crippen molar-refractivity contribution in [2.24, 2.45) is 0 Å². The Morgan fingerprint density at radius 2 is 1.91 bits per heavy atom. The number of nitrogens with one attached hydrogen (secondary N) is 1. The van der Waals surface area contributed by atoms with Gasteiger partial charge in [0.25, 0.3) is 5.56 Å². The van der Waals surface area contributed by atoms with E-state index in [4.69, 9.17) is 16.3 Å². The van der Waals surface area contributed by atoms with Crippen LogP contribution in [-0.4, -0.2) is 31.1 Å². The molecule has 174 valence electrons. The van der Waals surface area contributed by atoms with Gasteiger partial charge in [-0.15, -0.1) is 0 Å². The standard InChI is InChI=1S/C24H21ClFN5O3/c1-12-13(2)29-23-22(28-12)30-21(24(33)31(23)18-4-3-16(25)11-17(18)26)15-6-8-34-19(9-15)14-5-7-27-20(32)10-14/h3-5,7,10-11,15,19H,6,8-9H2,1-2H3,(H,27,32)/t15-,19+/m0/s1. The molecule has 0 saturated carbocycles. The van der Waals surface area contributed by atoms with Gasteiger partial charge in [-0.05, 0) is 56.5 Å². The molecular formula is C24H21ClFN5O3. The Morgan fingerprint density at radius 3 is 2.68 bits per heavy atom. The van der Waals surface area contributed by atoms with Crippen LogP contribution in [0.1, 0.15) is 47.5 Å². The number of pyridine rings is 1. The summed E-state index contributed by atoms with van der Waals surface area (Å²) in [7, 11) is 0. The summed E-state index contributed by atoms with van der Waals surface area (Å²) in [6.45, 7) is 3.96. The van der Waals surface area contributed by atoms with Gasteiger partial charge in [0.1, 0.15) is 11.5 Å². The summed E-state index contributed by atoms with van der Waals surface area (Å²) in [5.74, 6) is -0.929. The van der Waals surface area contributed by atoms with Crippen molar-refractivity contribution in [3.05, 3.63) is 90.7 Å². The van der Waals surface area contributed by atoms with Crippen LogP contribution in [0.4, 0.5) is 4.39 Å². The second-order valence-corrected chi connectivity index (χ2v) is 8.78. The van der Waals surface area contributed by atoms with Crippen molar-refractivity contribution in [3.8, 4) is 5.69 Å². The molecule has 4 aromatic rings. The van der Waals surface area contributed by atoms with Crippen LogP contribution in [-0.2, 0) is 4.74 Å². The lowest BCUT2D eigenvalue weighted by Crippen LogP contribution is -2.31. The lowest BCUT2D eigenvalue weighted by molar-refractivity contribution is 0.00433. The molecule has 0 aliphatic carbocycles. The van der Waals surface area contributed by atoms with E-state index in [2.05, 4.69) is 19.9 Å². The summed E-state index contributed by atoms with van der Waals surface area (Å²) in [5, 5.41) is 0.219. The molecule has 5 rings (SSSR count). The van der Waals surface area contributed by atoms with Crippen LogP contribution in [0.15, 0.2) is 46.1 Å². The van der Waals surface area contributed by atoms with E-state index >= 15 is 0 Å². The quantitative estimate of drug-likeness (QED) is 0.476. The van der Waals surface area contributed by atoms with Crippen LogP contribution in [0.3, 0.4) is 0 Å². The van der Waals surface area contributed by atoms with Crippen molar-refractivity contribution in [2.75, 3.05) is 6.61 Å². The second-order valence-electron chi connectivity index (χ2n) is 8.34. The summed E-state index contributed by atoms with van der Waals surface area (Å²) >= 11 is 5.94. The van der Waals surface area contributed by atoms with Crippen molar-refractivity contribution in [1.82, 2.24) is 24.5 Å². The highest BCUT2D eigenvalue weighted by atomic mass is 35.5. The minimum absolute atomic E-state index is 0.0267. The first-order valence-corrected chi connectivity index (χ1v) is 11.2. The summed E-state index contributed by atoms with van der Waals surface area (Å²) in [5.41, 5.74) is 2.03. The first kappa shape index (κ1) is 22.4. The van der Waals surface area contributed by atoms with Crippen molar-refractivity contribution in [1.29, 1.82) is 0 Å². The van der Waals surface area contributed by atoms with Gasteiger partial charge in [-0.1, -0.05) is 11.6 Å². The van der Waals surface area contributed by atoms with E-state index in [-0.39, 0.29) is 45.3 Å². The number of rotatable bonds is 3. The first-order valence-electron chi connectivity index (χ1n) is 10.9. The topological polar surface area (TPSA) is 103 Å². The largest absolute Gasteiger partial charge is 0.373 e. The Balaban J connectivity index is 1.69. The predicted molar refractivity (Wildman–Crippen MR) is 125 cm³/mol. The number of ether oxygens (including phenoxy) is 1. The monoisotopic (exact) mass is 481 g/mol. The number of aromatic amines is 1. The SMILES string of the molecule is Cc1nc2nc([C@H]3CCO[C@@H](c4cc[nH]c(=O)c4)C3)c(=O)n(-c3ccc(Cl)cc3F)c2nc1C. The van der Waals surface area contributed by atoms with E-state index in [9.17, 15) is 14.0 Å². The van der Waals surface area contributed by atoms with Crippen LogP contribution in [0.2, 0.25) is 5.02 Å². The summed E-state index contributed by atoms with van der Waals surface area (Å²) in [6, 6.07) is 7.38. The molecule has 0 spiro atoms. The zero-order valence-corrected chi connectivity index (χ0v) is 19.3. The molecule has 1 aromatic carbocycles. The van der Waals surface area contributed by atoms with Crippen LogP contribution < -0.4 is 11.1 Å². The van der Waals surface area contributed by atoms with Crippen molar-refractivity contribution < 1.29 is 9.13 Å². The fourth-order valence-corrected chi connectivity index (χ4v) is 4.43. The number of fused-ring (bicyclic) bond motifs is 1. The number of hydrogen-bond donors (Lipinski definition) is 1. The third-order valence-electron chi connectivity index (χ3n) is 6.12. The molecule has 1 aliphatic rings. The van der Waals surface area contributed by atoms with E-state index in [0.717, 1.165) is 11.6 Å². The van der Waals surface area contributed by atoms with Crippen LogP contribution in [0, 0.1) is 19.7 Å². The maximum atomic E-state index is 15.0. The van der Waals surface area contributed by atoms with E-state index in [1.165, 1.54) is 22.8 Å². The van der Waals surface area contributed by atoms with E-state index in [0.29, 0.717) is 30.8 Å². The molecule has 8 nitrogen and oxygen atoms in total. The van der Waals surface area contributed by atoms with Gasteiger partial charge in [-0.25, -0.2) is 19.3 Å². The normalized spacial score (nSPS) is 18.4. The van der Waals surface area contributed by atoms with Gasteiger partial charge >= 0.3 is 0 Å². The molecule has 0 radical (unpaired) electrons. The highest BCUT2D eigenvalue weighted by Gasteiger charge is 2.30. The number of nitrogens with zero attached hydrogens (tertiary/aromatic N) is 4. The first-order chi connectivity index (χ1) is 16.3. The number of aromatic nitrogens is 5. The van der Waals surface area contributed by atoms with E-state index in [1.807, 2.05) is 0 Å². The lowest BCUT2D eigenvalue weighted by Gasteiger charge is -2.29. The molecule has 10 heteroatoms. The zero-order valence-electron chi connectivity index (χ0n) is 18.5. The number of benzene rings is 1. The molecule has 0 amide bonds. The van der Waals surface area contributed by atoms with Gasteiger partial charge in [0.15, 0.2) is 11.3 Å². The number of hydrogen-bond acceptors (Lipinski definition) is 6. The molecule has 1 N–H and O–H groups in total. The second kappa shape index (κ2) is 8.73. The number of aryl methyl sites for hydroxylation is 2. The van der Waals surface area contributed by atoms with Gasteiger partial charge in [-0.3, -0.25) is 14.2 Å². The van der Waals surface area contributed by atoms with Crippen molar-refractivity contribution >= 4 is 22.9 Å². The highest BCUT2D eigenvalue weighted by molar-refractivity contribution is 6.30. The third kappa shape index (κ3) is 4.01. The maximum absolute atomic E-state index is 15.0. The number of halogens is 2. The molecule has 3 aromatic heterocycles. The Labute approximate surface area is 198 Å². The Morgan fingerprint density at radius 1 is 1.12 bits per heavy atom. The van der Waals surface area contributed by atoms with Gasteiger partial charge in [-0.2, -0.15) is 0 Å². The van der Waals surface area contributed by atoms with Gasteiger partial charge in [0, 0.05) is 29.8 Å². The smallest absolute Gasteiger partial charge is 0.278 e. The molecular weight excluding hydrogens is 461 g/mol. The molecule has 4 heterocycles. The van der Waals surface area contributed by atoms with Crippen LogP contribution in [0.5, 0.6) is 0 Å². The molecule has 1 aliphatic heterocycles. The fourth-order valence-electron chi connectivity index (χ4n) is 4.27. The Hall–Kier alpha value is -3.43. The lowest BCUT2D eigenvalue weighted by atomic mass is 9.89. The maximum Gasteiger partial charge on any atom is 0.278 e. The van der Waals surface area contributed by atoms with Crippen LogP contribution >= 0.6 is 11.6 Å². The molecule has 0 unspecified atom stereocenters. The van der Waals surface area contributed by atoms with Gasteiger partial charge in [0.05, 0.1) is 23.2 Å². The molecule has 34 heavy (non-hydrogen) atoms. The van der Waals surface area contributed by atoms with Crippen molar-refractivity contribution in [2.45, 2.75) is 38.7 Å². The molecule has 0 bridgehead atoms. The molecule has 2 atom stereocenters. The summed E-state index contributed by atoms with van der Waals surface area (Å²) < 4.78 is 22.1. The van der Waals surface area contributed by atoms with E-state index < -0.39 is 11.4 Å². The van der Waals surface area contributed by atoms with Gasteiger partial charge in [0.2, 0.25) is 5.56 Å². The van der Waals surface area contributed by atoms with Crippen molar-refractivity contribution in [3.63, 3.8) is 0 Å². The minimum Gasteiger partial charge on any atom is -0.373 e. The average molecular weight is 482 g/mol. The number of H-pyrrole nitrogens is 1. The fraction of sp³-hybridized carbons (Fsp3) is 0.292. The third-order valence-corrected chi connectivity index (χ3v) is 6.36. The predicted octanol–water partition coefficient (Wildman–Crippen LogP) is 3.91. The Bertz CT molecular complexity index is 1530. The molecule has 1 fully saturated rings. The molecule has 1 saturated heterocycles. The average Bonchev–Trinajstić information content (AvgIpc) is 2.81. The minimum atomic E-state index is -0.651. The van der Waals surface area contributed by atoms with Gasteiger partial charge < -0.3 is 9.72 Å². The van der Waals surface area contributed by atoms with E-state index in [1.54, 1.807) is 26.1 Å². The summed E-state index contributed by atoms with van der Waals surface area (Å²) in [6.07, 6.45) is 2.19. The zero-order chi connectivity index (χ0) is 24.0. The Kier molecular flexibility index (Phi) is 5.75.